The lowest BCUT2D eigenvalue weighted by Crippen LogP contribution is -2.30. The summed E-state index contributed by atoms with van der Waals surface area (Å²) in [6.07, 6.45) is 0. The normalized spacial score (nSPS) is 12.2. The van der Waals surface area contributed by atoms with E-state index in [1.165, 1.54) is 81.3 Å². The van der Waals surface area contributed by atoms with Gasteiger partial charge in [0.05, 0.1) is 12.6 Å². The summed E-state index contributed by atoms with van der Waals surface area (Å²) >= 11 is 1.89. The van der Waals surface area contributed by atoms with Crippen molar-refractivity contribution in [1.82, 2.24) is 4.57 Å². The van der Waals surface area contributed by atoms with Crippen molar-refractivity contribution in [2.24, 2.45) is 7.05 Å². The highest BCUT2D eigenvalue weighted by Gasteiger charge is 2.33. The third kappa shape index (κ3) is 3.94. The Morgan fingerprint density at radius 1 is 0.707 bits per heavy atom. The van der Waals surface area contributed by atoms with Gasteiger partial charge in [-0.15, -0.1) is 11.3 Å². The molecule has 0 fully saturated rings. The van der Waals surface area contributed by atoms with Crippen molar-refractivity contribution in [3.8, 4) is 17.1 Å². The summed E-state index contributed by atoms with van der Waals surface area (Å²) in [4.78, 5) is 0. The monoisotopic (exact) mass is 553 g/mol. The number of thiophene rings is 1. The maximum absolute atomic E-state index is 2.60. The molecule has 2 nitrogen and oxygen atoms in total. The fraction of sp³-hybridized carbons (Fsp3) is 0.237. The number of hydrogen-bond donors (Lipinski definition) is 0. The Hall–Kier alpha value is -3.95. The van der Waals surface area contributed by atoms with Crippen molar-refractivity contribution in [3.63, 3.8) is 0 Å². The Balaban J connectivity index is 1.69. The van der Waals surface area contributed by atoms with Gasteiger partial charge in [0.25, 0.3) is 5.82 Å². The van der Waals surface area contributed by atoms with Gasteiger partial charge < -0.3 is 0 Å². The first-order valence-corrected chi connectivity index (χ1v) is 15.6. The number of fused-ring (bicyclic) bond motifs is 5. The van der Waals surface area contributed by atoms with Gasteiger partial charge in [-0.3, -0.25) is 0 Å². The van der Waals surface area contributed by atoms with E-state index in [4.69, 9.17) is 0 Å². The van der Waals surface area contributed by atoms with E-state index in [9.17, 15) is 0 Å². The van der Waals surface area contributed by atoms with Crippen molar-refractivity contribution in [3.05, 3.63) is 107 Å². The van der Waals surface area contributed by atoms with Crippen molar-refractivity contribution < 1.29 is 4.57 Å². The first-order valence-electron chi connectivity index (χ1n) is 14.7. The van der Waals surface area contributed by atoms with E-state index < -0.39 is 0 Å². The first-order chi connectivity index (χ1) is 19.7. The Morgan fingerprint density at radius 2 is 1.44 bits per heavy atom. The molecule has 0 saturated heterocycles. The SMILES string of the molecule is Cc1ccc2c(c1)n(-c1c(C(C)C)cc3ccccc3c1C(C)C)c(-c1cc3c(cc1C)sc1ccccc13)[n+]2C. The van der Waals surface area contributed by atoms with Gasteiger partial charge in [0.1, 0.15) is 5.69 Å². The molecule has 2 aromatic heterocycles. The molecule has 0 atom stereocenters. The quantitative estimate of drug-likeness (QED) is 0.192. The number of hydrogen-bond acceptors (Lipinski definition) is 1. The molecule has 7 aromatic rings. The molecular formula is C38H37N2S+. The van der Waals surface area contributed by atoms with Crippen LogP contribution in [-0.2, 0) is 7.05 Å². The number of benzene rings is 5. The lowest BCUT2D eigenvalue weighted by atomic mass is 9.87. The largest absolute Gasteiger partial charge is 0.295 e. The lowest BCUT2D eigenvalue weighted by Gasteiger charge is -2.21. The Bertz CT molecular complexity index is 2140. The molecule has 2 heterocycles. The number of aromatic nitrogens is 2. The third-order valence-electron chi connectivity index (χ3n) is 8.74. The van der Waals surface area contributed by atoms with E-state index in [1.807, 2.05) is 11.3 Å². The predicted octanol–water partition coefficient (Wildman–Crippen LogP) is 10.5. The Kier molecular flexibility index (Phi) is 6.06. The molecule has 0 radical (unpaired) electrons. The highest BCUT2D eigenvalue weighted by Crippen LogP contribution is 2.43. The van der Waals surface area contributed by atoms with Crippen molar-refractivity contribution in [2.75, 3.05) is 0 Å². The number of imidazole rings is 1. The van der Waals surface area contributed by atoms with Crippen LogP contribution in [-0.4, -0.2) is 4.57 Å². The highest BCUT2D eigenvalue weighted by molar-refractivity contribution is 7.25. The van der Waals surface area contributed by atoms with E-state index in [0.717, 1.165) is 0 Å². The molecule has 0 saturated carbocycles. The van der Waals surface area contributed by atoms with Crippen molar-refractivity contribution in [2.45, 2.75) is 53.4 Å². The van der Waals surface area contributed by atoms with Crippen LogP contribution in [0, 0.1) is 13.8 Å². The zero-order chi connectivity index (χ0) is 28.6. The zero-order valence-electron chi connectivity index (χ0n) is 25.0. The molecule has 0 spiro atoms. The second-order valence-electron chi connectivity index (χ2n) is 12.2. The summed E-state index contributed by atoms with van der Waals surface area (Å²) in [5.41, 5.74) is 10.5. The molecule has 41 heavy (non-hydrogen) atoms. The summed E-state index contributed by atoms with van der Waals surface area (Å²) in [5, 5.41) is 5.35. The molecule has 0 N–H and O–H groups in total. The van der Waals surface area contributed by atoms with Gasteiger partial charge in [-0.25, -0.2) is 4.57 Å². The fourth-order valence-corrected chi connectivity index (χ4v) is 7.96. The smallest absolute Gasteiger partial charge is 0.225 e. The second-order valence-corrected chi connectivity index (χ2v) is 13.3. The topological polar surface area (TPSA) is 8.81 Å². The van der Waals surface area contributed by atoms with Crippen molar-refractivity contribution >= 4 is 53.3 Å². The molecule has 0 aliphatic heterocycles. The van der Waals surface area contributed by atoms with Crippen LogP contribution in [0.1, 0.15) is 61.8 Å². The van der Waals surface area contributed by atoms with Gasteiger partial charge >= 0.3 is 0 Å². The average molecular weight is 554 g/mol. The average Bonchev–Trinajstić information content (AvgIpc) is 3.44. The Morgan fingerprint density at radius 3 is 2.20 bits per heavy atom. The summed E-state index contributed by atoms with van der Waals surface area (Å²) in [6.45, 7) is 13.9. The maximum Gasteiger partial charge on any atom is 0.295 e. The minimum absolute atomic E-state index is 0.360. The molecule has 204 valence electrons. The zero-order valence-corrected chi connectivity index (χ0v) is 25.9. The summed E-state index contributed by atoms with van der Waals surface area (Å²) in [6, 6.07) is 31.9. The first kappa shape index (κ1) is 26.0. The van der Waals surface area contributed by atoms with Crippen LogP contribution < -0.4 is 4.57 Å². The van der Waals surface area contributed by atoms with E-state index in [1.54, 1.807) is 0 Å². The fourth-order valence-electron chi connectivity index (χ4n) is 6.78. The number of rotatable bonds is 4. The molecule has 0 aliphatic rings. The molecule has 0 amide bonds. The lowest BCUT2D eigenvalue weighted by molar-refractivity contribution is -0.633. The molecular weight excluding hydrogens is 516 g/mol. The minimum Gasteiger partial charge on any atom is -0.225 e. The van der Waals surface area contributed by atoms with Crippen LogP contribution in [0.5, 0.6) is 0 Å². The van der Waals surface area contributed by atoms with Gasteiger partial charge in [0.2, 0.25) is 0 Å². The third-order valence-corrected chi connectivity index (χ3v) is 9.87. The van der Waals surface area contributed by atoms with E-state index in [0.29, 0.717) is 11.8 Å². The van der Waals surface area contributed by atoms with Crippen LogP contribution in [0.15, 0.2) is 84.9 Å². The second kappa shape index (κ2) is 9.56. The molecule has 0 bridgehead atoms. The van der Waals surface area contributed by atoms with E-state index >= 15 is 0 Å². The van der Waals surface area contributed by atoms with Gasteiger partial charge in [-0.1, -0.05) is 76.2 Å². The molecule has 3 heteroatoms. The number of nitrogens with zero attached hydrogens (tertiary/aromatic N) is 2. The van der Waals surface area contributed by atoms with Crippen LogP contribution in [0.25, 0.3) is 59.1 Å². The van der Waals surface area contributed by atoms with Crippen LogP contribution >= 0.6 is 11.3 Å². The van der Waals surface area contributed by atoms with E-state index in [2.05, 4.69) is 143 Å². The molecule has 0 aliphatic carbocycles. The van der Waals surface area contributed by atoms with Gasteiger partial charge in [-0.05, 0) is 84.0 Å². The van der Waals surface area contributed by atoms with Crippen LogP contribution in [0.2, 0.25) is 0 Å². The van der Waals surface area contributed by atoms with Gasteiger partial charge in [0.15, 0.2) is 11.0 Å². The molecule has 0 unspecified atom stereocenters. The minimum atomic E-state index is 0.360. The predicted molar refractivity (Wildman–Crippen MR) is 178 cm³/mol. The van der Waals surface area contributed by atoms with Crippen LogP contribution in [0.3, 0.4) is 0 Å². The van der Waals surface area contributed by atoms with Crippen LogP contribution in [0.4, 0.5) is 0 Å². The van der Waals surface area contributed by atoms with Gasteiger partial charge in [0, 0.05) is 31.3 Å². The molecule has 7 rings (SSSR count). The van der Waals surface area contributed by atoms with E-state index in [-0.39, 0.29) is 0 Å². The Labute approximate surface area is 246 Å². The number of aryl methyl sites for hydroxylation is 3. The summed E-state index contributed by atoms with van der Waals surface area (Å²) in [7, 11) is 2.24. The standard InChI is InChI=1S/C38H37N2S/c1-22(2)29-20-26-12-8-9-13-27(26)36(23(3)4)37(29)40-33-18-24(5)16-17-32(33)39(7)38(40)30-21-31-28-14-10-11-15-34(28)41-35(31)19-25(30)6/h8-23H,1-7H3/q+1. The highest BCUT2D eigenvalue weighted by atomic mass is 32.1. The van der Waals surface area contributed by atoms with Crippen molar-refractivity contribution in [1.29, 1.82) is 0 Å². The maximum atomic E-state index is 2.60. The van der Waals surface area contributed by atoms with Gasteiger partial charge in [-0.2, -0.15) is 4.57 Å². The summed E-state index contributed by atoms with van der Waals surface area (Å²) < 4.78 is 7.71. The molecule has 5 aromatic carbocycles. The summed E-state index contributed by atoms with van der Waals surface area (Å²) in [5.74, 6) is 1.97.